The average Bonchev–Trinajstić information content (AvgIpc) is 2.93. The minimum atomic E-state index is -0.290. The highest BCUT2D eigenvalue weighted by molar-refractivity contribution is 5.69. The Morgan fingerprint density at radius 3 is 2.53 bits per heavy atom. The average molecular weight is 255 g/mol. The van der Waals surface area contributed by atoms with Gasteiger partial charge in [0.25, 0.3) is 0 Å². The molecule has 3 aromatic rings. The predicted octanol–water partition coefficient (Wildman–Crippen LogP) is 2.25. The van der Waals surface area contributed by atoms with E-state index < -0.39 is 0 Å². The lowest BCUT2D eigenvalue weighted by atomic mass is 10.1. The van der Waals surface area contributed by atoms with Crippen LogP contribution in [0, 0.1) is 5.82 Å². The highest BCUT2D eigenvalue weighted by Gasteiger charge is 2.07. The number of nitrogen functional groups attached to an aromatic ring is 1. The first kappa shape index (κ1) is 11.3. The molecule has 0 amide bonds. The normalized spacial score (nSPS) is 10.6. The second kappa shape index (κ2) is 4.49. The number of nitrogens with one attached hydrogen (secondary N) is 1. The fraction of sp³-hybridized carbons (Fsp3) is 0. The van der Waals surface area contributed by atoms with Crippen molar-refractivity contribution in [1.29, 1.82) is 0 Å². The number of benzene rings is 1. The van der Waals surface area contributed by atoms with Gasteiger partial charge in [-0.15, -0.1) is 0 Å². The molecule has 0 atom stereocenters. The molecule has 0 aliphatic rings. The van der Waals surface area contributed by atoms with E-state index in [1.165, 1.54) is 18.5 Å². The zero-order valence-corrected chi connectivity index (χ0v) is 9.84. The lowest BCUT2D eigenvalue weighted by molar-refractivity contribution is 0.628. The Balaban J connectivity index is 2.10. The van der Waals surface area contributed by atoms with Crippen LogP contribution in [0.5, 0.6) is 0 Å². The van der Waals surface area contributed by atoms with Gasteiger partial charge in [0, 0.05) is 11.1 Å². The molecule has 0 saturated heterocycles. The van der Waals surface area contributed by atoms with Gasteiger partial charge in [-0.25, -0.2) is 14.4 Å². The van der Waals surface area contributed by atoms with Gasteiger partial charge in [0.1, 0.15) is 18.0 Å². The quantitative estimate of drug-likeness (QED) is 0.736. The number of aromatic nitrogens is 4. The number of pyridine rings is 1. The minimum Gasteiger partial charge on any atom is -0.384 e. The van der Waals surface area contributed by atoms with Gasteiger partial charge in [-0.3, -0.25) is 5.10 Å². The van der Waals surface area contributed by atoms with Crippen LogP contribution in [0.25, 0.3) is 22.6 Å². The van der Waals surface area contributed by atoms with Crippen LogP contribution in [-0.2, 0) is 0 Å². The maximum absolute atomic E-state index is 12.9. The third kappa shape index (κ3) is 2.28. The second-order valence-corrected chi connectivity index (χ2v) is 4.00. The molecule has 0 aliphatic carbocycles. The van der Waals surface area contributed by atoms with Crippen molar-refractivity contribution < 1.29 is 4.39 Å². The molecule has 0 unspecified atom stereocenters. The molecule has 0 bridgehead atoms. The zero-order chi connectivity index (χ0) is 13.2. The van der Waals surface area contributed by atoms with Crippen LogP contribution in [0.1, 0.15) is 0 Å². The molecule has 19 heavy (non-hydrogen) atoms. The van der Waals surface area contributed by atoms with Crippen molar-refractivity contribution in [3.05, 3.63) is 48.5 Å². The third-order valence-electron chi connectivity index (χ3n) is 2.66. The summed E-state index contributed by atoms with van der Waals surface area (Å²) >= 11 is 0. The summed E-state index contributed by atoms with van der Waals surface area (Å²) in [7, 11) is 0. The molecule has 6 heteroatoms. The second-order valence-electron chi connectivity index (χ2n) is 4.00. The van der Waals surface area contributed by atoms with Crippen LogP contribution in [0.3, 0.4) is 0 Å². The smallest absolute Gasteiger partial charge is 0.181 e. The van der Waals surface area contributed by atoms with Crippen molar-refractivity contribution in [3.8, 4) is 22.6 Å². The maximum atomic E-state index is 12.9. The van der Waals surface area contributed by atoms with E-state index in [0.717, 1.165) is 11.1 Å². The molecular formula is C13H10FN5. The third-order valence-corrected chi connectivity index (χ3v) is 2.66. The van der Waals surface area contributed by atoms with E-state index in [1.807, 2.05) is 6.07 Å². The predicted molar refractivity (Wildman–Crippen MR) is 69.4 cm³/mol. The largest absolute Gasteiger partial charge is 0.384 e. The van der Waals surface area contributed by atoms with Gasteiger partial charge in [-0.05, 0) is 36.4 Å². The molecule has 94 valence electrons. The Bertz CT molecular complexity index is 692. The molecule has 0 radical (unpaired) electrons. The molecule has 0 fully saturated rings. The van der Waals surface area contributed by atoms with Crippen molar-refractivity contribution in [2.24, 2.45) is 0 Å². The first-order valence-corrected chi connectivity index (χ1v) is 5.62. The molecule has 2 aromatic heterocycles. The summed E-state index contributed by atoms with van der Waals surface area (Å²) in [4.78, 5) is 8.30. The Labute approximate surface area is 108 Å². The SMILES string of the molecule is Nc1cc(-c2nc[nH]n2)cc(-c2ccc(F)cc2)n1. The van der Waals surface area contributed by atoms with Crippen LogP contribution in [-0.4, -0.2) is 20.2 Å². The summed E-state index contributed by atoms with van der Waals surface area (Å²) in [6.07, 6.45) is 1.49. The Morgan fingerprint density at radius 1 is 1.05 bits per heavy atom. The maximum Gasteiger partial charge on any atom is 0.181 e. The van der Waals surface area contributed by atoms with E-state index in [-0.39, 0.29) is 5.82 Å². The molecule has 0 aliphatic heterocycles. The number of H-pyrrole nitrogens is 1. The summed E-state index contributed by atoms with van der Waals surface area (Å²) in [6.45, 7) is 0. The minimum absolute atomic E-state index is 0.290. The van der Waals surface area contributed by atoms with Gasteiger partial charge in [-0.2, -0.15) is 5.10 Å². The molecule has 3 N–H and O–H groups in total. The van der Waals surface area contributed by atoms with E-state index in [2.05, 4.69) is 20.2 Å². The van der Waals surface area contributed by atoms with Gasteiger partial charge in [0.2, 0.25) is 0 Å². The van der Waals surface area contributed by atoms with E-state index >= 15 is 0 Å². The van der Waals surface area contributed by atoms with Crippen molar-refractivity contribution >= 4 is 5.82 Å². The Hall–Kier alpha value is -2.76. The molecule has 5 nitrogen and oxygen atoms in total. The number of nitrogens with zero attached hydrogens (tertiary/aromatic N) is 3. The number of hydrogen-bond acceptors (Lipinski definition) is 4. The Kier molecular flexibility index (Phi) is 2.68. The summed E-state index contributed by atoms with van der Waals surface area (Å²) < 4.78 is 12.9. The van der Waals surface area contributed by atoms with Gasteiger partial charge in [-0.1, -0.05) is 0 Å². The summed E-state index contributed by atoms with van der Waals surface area (Å²) in [5, 5.41) is 6.64. The van der Waals surface area contributed by atoms with E-state index in [9.17, 15) is 4.39 Å². The van der Waals surface area contributed by atoms with Crippen LogP contribution < -0.4 is 5.73 Å². The lowest BCUT2D eigenvalue weighted by Gasteiger charge is -2.04. The highest BCUT2D eigenvalue weighted by atomic mass is 19.1. The molecule has 0 saturated carbocycles. The highest BCUT2D eigenvalue weighted by Crippen LogP contribution is 2.24. The van der Waals surface area contributed by atoms with Gasteiger partial charge < -0.3 is 5.73 Å². The number of hydrogen-bond donors (Lipinski definition) is 2. The van der Waals surface area contributed by atoms with Crippen LogP contribution in [0.2, 0.25) is 0 Å². The lowest BCUT2D eigenvalue weighted by Crippen LogP contribution is -1.95. The standard InChI is InChI=1S/C13H10FN5/c14-10-3-1-8(2-4-10)11-5-9(6-12(15)18-11)13-16-7-17-19-13/h1-7H,(H2,15,18)(H,16,17,19). The van der Waals surface area contributed by atoms with E-state index in [0.29, 0.717) is 17.3 Å². The fourth-order valence-corrected chi connectivity index (χ4v) is 1.80. The zero-order valence-electron chi connectivity index (χ0n) is 9.84. The number of anilines is 1. The molecule has 1 aromatic carbocycles. The number of aromatic amines is 1. The van der Waals surface area contributed by atoms with Gasteiger partial charge in [0.05, 0.1) is 5.69 Å². The van der Waals surface area contributed by atoms with E-state index in [1.54, 1.807) is 18.2 Å². The first-order chi connectivity index (χ1) is 9.22. The topological polar surface area (TPSA) is 80.5 Å². The van der Waals surface area contributed by atoms with Crippen LogP contribution >= 0.6 is 0 Å². The van der Waals surface area contributed by atoms with Crippen molar-refractivity contribution in [1.82, 2.24) is 20.2 Å². The van der Waals surface area contributed by atoms with Gasteiger partial charge >= 0.3 is 0 Å². The molecular weight excluding hydrogens is 245 g/mol. The molecule has 2 heterocycles. The monoisotopic (exact) mass is 255 g/mol. The number of halogens is 1. The summed E-state index contributed by atoms with van der Waals surface area (Å²) in [6, 6.07) is 9.57. The Morgan fingerprint density at radius 2 is 1.84 bits per heavy atom. The summed E-state index contributed by atoms with van der Waals surface area (Å²) in [5.74, 6) is 0.612. The molecule has 0 spiro atoms. The van der Waals surface area contributed by atoms with Crippen LogP contribution in [0.15, 0.2) is 42.7 Å². The fourth-order valence-electron chi connectivity index (χ4n) is 1.80. The number of nitrogens with two attached hydrogens (primary N) is 1. The van der Waals surface area contributed by atoms with Crippen molar-refractivity contribution in [2.45, 2.75) is 0 Å². The number of rotatable bonds is 2. The van der Waals surface area contributed by atoms with Crippen LogP contribution in [0.4, 0.5) is 10.2 Å². The summed E-state index contributed by atoms with van der Waals surface area (Å²) in [5.41, 5.74) is 7.97. The van der Waals surface area contributed by atoms with Crippen molar-refractivity contribution in [3.63, 3.8) is 0 Å². The van der Waals surface area contributed by atoms with Crippen molar-refractivity contribution in [2.75, 3.05) is 5.73 Å². The van der Waals surface area contributed by atoms with E-state index in [4.69, 9.17) is 5.73 Å². The first-order valence-electron chi connectivity index (χ1n) is 5.62. The molecule has 3 rings (SSSR count). The van der Waals surface area contributed by atoms with Gasteiger partial charge in [0.15, 0.2) is 5.82 Å².